The molecule has 0 saturated carbocycles. The first-order valence-electron chi connectivity index (χ1n) is 14.1. The average Bonchev–Trinajstić information content (AvgIpc) is 3.22. The number of nitrogens with two attached hydrogens (primary N) is 1. The van der Waals surface area contributed by atoms with Crippen LogP contribution in [0.3, 0.4) is 0 Å². The molecule has 3 N–H and O–H groups in total. The van der Waals surface area contributed by atoms with Gasteiger partial charge in [-0.3, -0.25) is 19.3 Å². The number of Topliss-reactive ketones (excluding diaryl/α,β-unsaturated/α-hetero) is 1. The molecular weight excluding hydrogens is 526 g/mol. The average molecular weight is 566 g/mol. The Morgan fingerprint density at radius 3 is 2.44 bits per heavy atom. The summed E-state index contributed by atoms with van der Waals surface area (Å²) < 4.78 is 16.6. The largest absolute Gasteiger partial charge is 0.507 e. The maximum Gasteiger partial charge on any atom is 0.295 e. The summed E-state index contributed by atoms with van der Waals surface area (Å²) in [5, 5.41) is 11.5. The summed E-state index contributed by atoms with van der Waals surface area (Å²) in [6.07, 6.45) is 2.61. The highest BCUT2D eigenvalue weighted by Gasteiger charge is 2.45. The van der Waals surface area contributed by atoms with Crippen LogP contribution in [0, 0.1) is 6.92 Å². The standard InChI is InChI=1S/C31H39N3O7/c1-3-4-16-40-25-11-8-23(19-21(25)2)29(36)27-28(22-6-9-24(10-7-22)41-20-26(32)35)34(31(38)30(27)37)13-5-12-33-14-17-39-18-15-33/h6-11,19,28,36H,3-5,12-18,20H2,1-2H3,(H2,32,35). The van der Waals surface area contributed by atoms with Gasteiger partial charge in [-0.2, -0.15) is 0 Å². The van der Waals surface area contributed by atoms with Crippen molar-refractivity contribution in [3.63, 3.8) is 0 Å². The van der Waals surface area contributed by atoms with Gasteiger partial charge in [0.2, 0.25) is 0 Å². The second-order valence-corrected chi connectivity index (χ2v) is 10.3. The van der Waals surface area contributed by atoms with Crippen LogP contribution in [0.4, 0.5) is 0 Å². The SMILES string of the molecule is CCCCOc1ccc(C(O)=C2C(=O)C(=O)N(CCCN3CCOCC3)C2c2ccc(OCC(N)=O)cc2)cc1C. The van der Waals surface area contributed by atoms with E-state index in [9.17, 15) is 19.5 Å². The maximum atomic E-state index is 13.4. The Morgan fingerprint density at radius 2 is 1.78 bits per heavy atom. The van der Waals surface area contributed by atoms with Gasteiger partial charge in [-0.1, -0.05) is 25.5 Å². The van der Waals surface area contributed by atoms with Gasteiger partial charge in [0.15, 0.2) is 6.61 Å². The van der Waals surface area contributed by atoms with Crippen LogP contribution in [-0.4, -0.2) is 85.1 Å². The number of aliphatic hydroxyl groups is 1. The van der Waals surface area contributed by atoms with Gasteiger partial charge >= 0.3 is 0 Å². The van der Waals surface area contributed by atoms with Crippen LogP contribution in [0.1, 0.15) is 48.9 Å². The summed E-state index contributed by atoms with van der Waals surface area (Å²) in [4.78, 5) is 41.7. The highest BCUT2D eigenvalue weighted by atomic mass is 16.5. The van der Waals surface area contributed by atoms with Crippen LogP contribution in [-0.2, 0) is 19.1 Å². The molecule has 10 heteroatoms. The number of benzene rings is 2. The highest BCUT2D eigenvalue weighted by molar-refractivity contribution is 6.46. The molecule has 10 nitrogen and oxygen atoms in total. The van der Waals surface area contributed by atoms with Crippen molar-refractivity contribution in [3.8, 4) is 11.5 Å². The van der Waals surface area contributed by atoms with E-state index < -0.39 is 23.6 Å². The molecule has 1 atom stereocenters. The molecule has 0 aliphatic carbocycles. The summed E-state index contributed by atoms with van der Waals surface area (Å²) in [5.41, 5.74) is 7.10. The number of likely N-dealkylation sites (tertiary alicyclic amines) is 1. The molecule has 2 aromatic rings. The van der Waals surface area contributed by atoms with E-state index >= 15 is 0 Å². The maximum absolute atomic E-state index is 13.4. The number of carbonyl (C=O) groups is 3. The molecule has 0 radical (unpaired) electrons. The van der Waals surface area contributed by atoms with Gasteiger partial charge in [0.25, 0.3) is 17.6 Å². The molecule has 220 valence electrons. The van der Waals surface area contributed by atoms with Gasteiger partial charge in [-0.15, -0.1) is 0 Å². The minimum absolute atomic E-state index is 0.0335. The summed E-state index contributed by atoms with van der Waals surface area (Å²) >= 11 is 0. The Kier molecular flexibility index (Phi) is 10.4. The fourth-order valence-corrected chi connectivity index (χ4v) is 5.09. The van der Waals surface area contributed by atoms with Crippen LogP contribution in [0.5, 0.6) is 11.5 Å². The quantitative estimate of drug-likeness (QED) is 0.164. The Balaban J connectivity index is 1.64. The lowest BCUT2D eigenvalue weighted by atomic mass is 9.94. The zero-order valence-electron chi connectivity index (χ0n) is 23.8. The van der Waals surface area contributed by atoms with Crippen molar-refractivity contribution in [1.29, 1.82) is 0 Å². The van der Waals surface area contributed by atoms with Gasteiger partial charge in [0.05, 0.1) is 31.4 Å². The molecule has 2 aliphatic rings. The van der Waals surface area contributed by atoms with Crippen LogP contribution in [0.15, 0.2) is 48.0 Å². The van der Waals surface area contributed by atoms with Crippen LogP contribution < -0.4 is 15.2 Å². The summed E-state index contributed by atoms with van der Waals surface area (Å²) in [5.74, 6) is -1.08. The molecule has 2 aliphatic heterocycles. The monoisotopic (exact) mass is 565 g/mol. The number of primary amides is 1. The Bertz CT molecular complexity index is 1270. The molecule has 2 amide bonds. The van der Waals surface area contributed by atoms with E-state index in [0.29, 0.717) is 55.4 Å². The van der Waals surface area contributed by atoms with E-state index in [1.807, 2.05) is 6.92 Å². The van der Waals surface area contributed by atoms with Gasteiger partial charge in [-0.05, 0) is 61.2 Å². The lowest BCUT2D eigenvalue weighted by molar-refractivity contribution is -0.140. The summed E-state index contributed by atoms with van der Waals surface area (Å²) in [6, 6.07) is 11.2. The van der Waals surface area contributed by atoms with E-state index in [2.05, 4.69) is 11.8 Å². The van der Waals surface area contributed by atoms with Crippen molar-refractivity contribution in [1.82, 2.24) is 9.80 Å². The number of ether oxygens (including phenoxy) is 3. The number of hydrogen-bond acceptors (Lipinski definition) is 8. The molecule has 41 heavy (non-hydrogen) atoms. The third kappa shape index (κ3) is 7.45. The van der Waals surface area contributed by atoms with E-state index in [1.54, 1.807) is 42.5 Å². The Labute approximate surface area is 240 Å². The first-order valence-corrected chi connectivity index (χ1v) is 14.1. The van der Waals surface area contributed by atoms with Crippen molar-refractivity contribution in [3.05, 3.63) is 64.7 Å². The molecule has 2 heterocycles. The molecule has 2 fully saturated rings. The first kappa shape index (κ1) is 30.1. The second kappa shape index (κ2) is 14.1. The van der Waals surface area contributed by atoms with Gasteiger partial charge < -0.3 is 30.0 Å². The number of ketones is 1. The summed E-state index contributed by atoms with van der Waals surface area (Å²) in [6.45, 7) is 8.41. The van der Waals surface area contributed by atoms with E-state index in [0.717, 1.165) is 38.0 Å². The number of rotatable bonds is 13. The predicted octanol–water partition coefficient (Wildman–Crippen LogP) is 3.18. The number of amides is 2. The Hall–Kier alpha value is -3.89. The van der Waals surface area contributed by atoms with Gasteiger partial charge in [0, 0.05) is 31.7 Å². The number of unbranched alkanes of at least 4 members (excludes halogenated alkanes) is 1. The lowest BCUT2D eigenvalue weighted by Crippen LogP contribution is -2.38. The third-order valence-corrected chi connectivity index (χ3v) is 7.30. The zero-order chi connectivity index (χ0) is 29.4. The summed E-state index contributed by atoms with van der Waals surface area (Å²) in [7, 11) is 0. The molecule has 2 aromatic carbocycles. The molecular formula is C31H39N3O7. The topological polar surface area (TPSA) is 132 Å². The van der Waals surface area contributed by atoms with Crippen molar-refractivity contribution < 1.29 is 33.7 Å². The number of nitrogens with zero attached hydrogens (tertiary/aromatic N) is 2. The fraction of sp³-hybridized carbons (Fsp3) is 0.452. The lowest BCUT2D eigenvalue weighted by Gasteiger charge is -2.29. The van der Waals surface area contributed by atoms with Gasteiger partial charge in [-0.25, -0.2) is 0 Å². The van der Waals surface area contributed by atoms with Crippen molar-refractivity contribution in [2.75, 3.05) is 52.6 Å². The van der Waals surface area contributed by atoms with Crippen LogP contribution in [0.25, 0.3) is 5.76 Å². The first-order chi connectivity index (χ1) is 19.8. The Morgan fingerprint density at radius 1 is 1.05 bits per heavy atom. The van der Waals surface area contributed by atoms with Crippen LogP contribution >= 0.6 is 0 Å². The number of morpholine rings is 1. The number of aliphatic hydroxyl groups excluding tert-OH is 1. The van der Waals surface area contributed by atoms with E-state index in [1.165, 1.54) is 4.90 Å². The van der Waals surface area contributed by atoms with Crippen molar-refractivity contribution in [2.24, 2.45) is 5.73 Å². The fourth-order valence-electron chi connectivity index (χ4n) is 5.09. The van der Waals surface area contributed by atoms with Crippen LogP contribution in [0.2, 0.25) is 0 Å². The molecule has 2 saturated heterocycles. The van der Waals surface area contributed by atoms with E-state index in [4.69, 9.17) is 19.9 Å². The molecule has 0 spiro atoms. The molecule has 0 bridgehead atoms. The molecule has 4 rings (SSSR count). The highest BCUT2D eigenvalue weighted by Crippen LogP contribution is 2.40. The second-order valence-electron chi connectivity index (χ2n) is 10.3. The smallest absolute Gasteiger partial charge is 0.295 e. The third-order valence-electron chi connectivity index (χ3n) is 7.30. The van der Waals surface area contributed by atoms with Crippen molar-refractivity contribution >= 4 is 23.4 Å². The number of aryl methyl sites for hydroxylation is 1. The predicted molar refractivity (Wildman–Crippen MR) is 154 cm³/mol. The normalized spacial score (nSPS) is 19.0. The molecule has 1 unspecified atom stereocenters. The number of hydrogen-bond donors (Lipinski definition) is 2. The number of carbonyl (C=O) groups excluding carboxylic acids is 3. The minimum atomic E-state index is -0.786. The molecule has 0 aromatic heterocycles. The van der Waals surface area contributed by atoms with Crippen molar-refractivity contribution in [2.45, 2.75) is 39.2 Å². The zero-order valence-corrected chi connectivity index (χ0v) is 23.8. The minimum Gasteiger partial charge on any atom is -0.507 e. The van der Waals surface area contributed by atoms with E-state index in [-0.39, 0.29) is 17.9 Å². The van der Waals surface area contributed by atoms with Gasteiger partial charge in [0.1, 0.15) is 17.3 Å².